The largest absolute Gasteiger partial charge is 0.454 e. The molecule has 1 aliphatic rings. The highest BCUT2D eigenvalue weighted by molar-refractivity contribution is 9.10. The summed E-state index contributed by atoms with van der Waals surface area (Å²) >= 11 is 9.09. The Bertz CT molecular complexity index is 1030. The zero-order chi connectivity index (χ0) is 20.4. The number of hydrogen-bond acceptors (Lipinski definition) is 5. The highest BCUT2D eigenvalue weighted by Crippen LogP contribution is 2.26. The van der Waals surface area contributed by atoms with Crippen LogP contribution in [0.4, 0.5) is 11.4 Å². The molecular formula is C21H18BrN3O3S. The molecule has 0 atom stereocenters. The van der Waals surface area contributed by atoms with Crippen LogP contribution in [0.15, 0.2) is 69.6 Å². The molecule has 3 aromatic rings. The van der Waals surface area contributed by atoms with Crippen LogP contribution in [-0.2, 0) is 0 Å². The summed E-state index contributed by atoms with van der Waals surface area (Å²) in [7, 11) is 0. The Labute approximate surface area is 182 Å². The number of piperazine rings is 1. The summed E-state index contributed by atoms with van der Waals surface area (Å²) in [6, 6.07) is 18.5. The number of anilines is 1. The van der Waals surface area contributed by atoms with Gasteiger partial charge in [0.15, 0.2) is 5.76 Å². The van der Waals surface area contributed by atoms with Crippen LogP contribution in [-0.4, -0.2) is 41.0 Å². The molecule has 8 heteroatoms. The first-order valence-corrected chi connectivity index (χ1v) is 10.4. The molecule has 0 unspecified atom stereocenters. The third-order valence-corrected chi connectivity index (χ3v) is 5.93. The third kappa shape index (κ3) is 4.33. The zero-order valence-corrected chi connectivity index (χ0v) is 17.9. The molecule has 0 spiro atoms. The second-order valence-corrected chi connectivity index (χ2v) is 8.03. The number of nitrogens with zero attached hydrogens (tertiary/aromatic N) is 3. The first-order valence-electron chi connectivity index (χ1n) is 9.16. The predicted octanol–water partition coefficient (Wildman–Crippen LogP) is 5.12. The predicted molar refractivity (Wildman–Crippen MR) is 120 cm³/mol. The van der Waals surface area contributed by atoms with Crippen LogP contribution in [0.25, 0.3) is 11.3 Å². The molecule has 0 radical (unpaired) electrons. The number of furan rings is 1. The fourth-order valence-electron chi connectivity index (χ4n) is 3.33. The lowest BCUT2D eigenvalue weighted by molar-refractivity contribution is -0.384. The molecule has 0 aliphatic carbocycles. The van der Waals surface area contributed by atoms with Crippen molar-refractivity contribution >= 4 is 44.5 Å². The van der Waals surface area contributed by atoms with E-state index in [2.05, 4.69) is 25.7 Å². The molecular weight excluding hydrogens is 454 g/mol. The topological polar surface area (TPSA) is 62.8 Å². The molecule has 1 fully saturated rings. The number of nitro groups is 1. The fraction of sp³-hybridized carbons (Fsp3) is 0.190. The van der Waals surface area contributed by atoms with Gasteiger partial charge in [-0.25, -0.2) is 0 Å². The molecule has 4 rings (SSSR count). The minimum atomic E-state index is -0.383. The molecule has 1 aromatic heterocycles. The molecule has 2 heterocycles. The number of thiocarbonyl (C=S) groups is 1. The Hall–Kier alpha value is -2.71. The second-order valence-electron chi connectivity index (χ2n) is 6.72. The number of halogens is 1. The van der Waals surface area contributed by atoms with E-state index in [4.69, 9.17) is 16.6 Å². The van der Waals surface area contributed by atoms with Gasteiger partial charge in [-0.1, -0.05) is 40.3 Å². The average molecular weight is 472 g/mol. The van der Waals surface area contributed by atoms with Crippen LogP contribution in [0.3, 0.4) is 0 Å². The summed E-state index contributed by atoms with van der Waals surface area (Å²) < 4.78 is 7.02. The van der Waals surface area contributed by atoms with Crippen LogP contribution in [0, 0.1) is 10.1 Å². The van der Waals surface area contributed by atoms with Crippen molar-refractivity contribution < 1.29 is 9.34 Å². The summed E-state index contributed by atoms with van der Waals surface area (Å²) in [6.45, 7) is 3.12. The quantitative estimate of drug-likeness (QED) is 0.299. The van der Waals surface area contributed by atoms with Crippen LogP contribution in [0.5, 0.6) is 0 Å². The van der Waals surface area contributed by atoms with Crippen molar-refractivity contribution in [1.29, 1.82) is 0 Å². The zero-order valence-electron chi connectivity index (χ0n) is 15.5. The first-order chi connectivity index (χ1) is 14.0. The fourth-order valence-corrected chi connectivity index (χ4v) is 3.89. The molecule has 1 saturated heterocycles. The first kappa shape index (κ1) is 19.6. The normalized spacial score (nSPS) is 14.1. The molecule has 0 bridgehead atoms. The van der Waals surface area contributed by atoms with E-state index in [9.17, 15) is 10.1 Å². The van der Waals surface area contributed by atoms with Gasteiger partial charge in [-0.15, -0.1) is 0 Å². The standard InChI is InChI=1S/C21H18BrN3O3S/c22-16-3-1-15(2-4-16)19-9-10-20(28-19)21(29)24-13-11-23(12-14-24)17-5-7-18(8-6-17)25(26)27/h1-10H,11-14H2. The lowest BCUT2D eigenvalue weighted by Gasteiger charge is -2.36. The van der Waals surface area contributed by atoms with Crippen LogP contribution >= 0.6 is 28.1 Å². The molecule has 2 aromatic carbocycles. The lowest BCUT2D eigenvalue weighted by Crippen LogP contribution is -2.48. The summed E-state index contributed by atoms with van der Waals surface area (Å²) in [5, 5.41) is 10.8. The van der Waals surface area contributed by atoms with E-state index in [1.165, 1.54) is 0 Å². The Morgan fingerprint density at radius 1 is 0.966 bits per heavy atom. The Kier molecular flexibility index (Phi) is 5.64. The van der Waals surface area contributed by atoms with Crippen LogP contribution in [0.1, 0.15) is 5.76 Å². The van der Waals surface area contributed by atoms with Gasteiger partial charge in [0.25, 0.3) is 5.69 Å². The number of benzene rings is 2. The molecule has 0 amide bonds. The maximum absolute atomic E-state index is 10.8. The molecule has 1 aliphatic heterocycles. The Morgan fingerprint density at radius 2 is 1.62 bits per heavy atom. The van der Waals surface area contributed by atoms with Gasteiger partial charge in [-0.2, -0.15) is 0 Å². The molecule has 29 heavy (non-hydrogen) atoms. The summed E-state index contributed by atoms with van der Waals surface area (Å²) in [4.78, 5) is 15.5. The van der Waals surface area contributed by atoms with Crippen molar-refractivity contribution in [2.75, 3.05) is 31.1 Å². The Balaban J connectivity index is 1.39. The van der Waals surface area contributed by atoms with E-state index in [1.54, 1.807) is 24.3 Å². The van der Waals surface area contributed by atoms with Gasteiger partial charge in [0.05, 0.1) is 4.92 Å². The van der Waals surface area contributed by atoms with Gasteiger partial charge < -0.3 is 14.2 Å². The molecule has 6 nitrogen and oxygen atoms in total. The molecule has 0 saturated carbocycles. The van der Waals surface area contributed by atoms with Crippen molar-refractivity contribution in [2.45, 2.75) is 0 Å². The minimum Gasteiger partial charge on any atom is -0.454 e. The third-order valence-electron chi connectivity index (χ3n) is 4.94. The van der Waals surface area contributed by atoms with Crippen molar-refractivity contribution in [1.82, 2.24) is 4.90 Å². The molecule has 148 valence electrons. The Morgan fingerprint density at radius 3 is 2.24 bits per heavy atom. The molecule has 0 N–H and O–H groups in total. The maximum atomic E-state index is 10.8. The van der Waals surface area contributed by atoms with Gasteiger partial charge in [0, 0.05) is 54.0 Å². The smallest absolute Gasteiger partial charge is 0.269 e. The highest BCUT2D eigenvalue weighted by atomic mass is 79.9. The van der Waals surface area contributed by atoms with Gasteiger partial charge in [0.1, 0.15) is 10.7 Å². The van der Waals surface area contributed by atoms with Crippen molar-refractivity contribution in [3.63, 3.8) is 0 Å². The van der Waals surface area contributed by atoms with E-state index in [0.717, 1.165) is 47.7 Å². The monoisotopic (exact) mass is 471 g/mol. The van der Waals surface area contributed by atoms with Crippen LogP contribution < -0.4 is 4.90 Å². The SMILES string of the molecule is O=[N+]([O-])c1ccc(N2CCN(C(=S)c3ccc(-c4ccc(Br)cc4)o3)CC2)cc1. The van der Waals surface area contributed by atoms with Gasteiger partial charge in [0.2, 0.25) is 0 Å². The number of hydrogen-bond donors (Lipinski definition) is 0. The van der Waals surface area contributed by atoms with Crippen LogP contribution in [0.2, 0.25) is 0 Å². The van der Waals surface area contributed by atoms with E-state index in [0.29, 0.717) is 10.7 Å². The maximum Gasteiger partial charge on any atom is 0.269 e. The summed E-state index contributed by atoms with van der Waals surface area (Å²) in [5.41, 5.74) is 2.09. The van der Waals surface area contributed by atoms with E-state index in [-0.39, 0.29) is 10.6 Å². The second kappa shape index (κ2) is 8.34. The highest BCUT2D eigenvalue weighted by Gasteiger charge is 2.22. The lowest BCUT2D eigenvalue weighted by atomic mass is 10.2. The number of nitro benzene ring substituents is 1. The van der Waals surface area contributed by atoms with Gasteiger partial charge in [-0.05, 0) is 36.4 Å². The van der Waals surface area contributed by atoms with E-state index < -0.39 is 0 Å². The van der Waals surface area contributed by atoms with E-state index >= 15 is 0 Å². The van der Waals surface area contributed by atoms with Gasteiger partial charge in [-0.3, -0.25) is 10.1 Å². The minimum absolute atomic E-state index is 0.105. The van der Waals surface area contributed by atoms with Crippen molar-refractivity contribution in [3.05, 3.63) is 81.0 Å². The van der Waals surface area contributed by atoms with Crippen molar-refractivity contribution in [3.8, 4) is 11.3 Å². The summed E-state index contributed by atoms with van der Waals surface area (Å²) in [6.07, 6.45) is 0. The average Bonchev–Trinajstić information content (AvgIpc) is 3.24. The summed E-state index contributed by atoms with van der Waals surface area (Å²) in [5.74, 6) is 1.49. The number of non-ortho nitro benzene ring substituents is 1. The van der Waals surface area contributed by atoms with Gasteiger partial charge >= 0.3 is 0 Å². The van der Waals surface area contributed by atoms with Crippen molar-refractivity contribution in [2.24, 2.45) is 0 Å². The van der Waals surface area contributed by atoms with E-state index in [1.807, 2.05) is 36.4 Å². The number of rotatable bonds is 4.